The number of nitrogens with zero attached hydrogens (tertiary/aromatic N) is 5. The van der Waals surface area contributed by atoms with E-state index < -0.39 is 0 Å². The third-order valence-electron chi connectivity index (χ3n) is 6.53. The van der Waals surface area contributed by atoms with Crippen LogP contribution in [0.25, 0.3) is 33.5 Å². The Morgan fingerprint density at radius 3 is 2.45 bits per heavy atom. The third kappa shape index (κ3) is 3.51. The second-order valence-electron chi connectivity index (χ2n) is 8.66. The number of aromatic nitrogens is 4. The maximum absolute atomic E-state index is 12.4. The minimum Gasteiger partial charge on any atom is -0.329 e. The van der Waals surface area contributed by atoms with Crippen LogP contribution in [-0.4, -0.2) is 43.2 Å². The van der Waals surface area contributed by atoms with Crippen LogP contribution in [0.5, 0.6) is 0 Å². The molecule has 0 radical (unpaired) electrons. The van der Waals surface area contributed by atoms with E-state index in [1.807, 2.05) is 26.5 Å². The SMILES string of the molecule is Cc1cccc(-c2ncn(CCN3CCCC3)c2-c2ccc3c(c2)n(C)c(=O)n3C)c1. The van der Waals surface area contributed by atoms with Gasteiger partial charge in [0.1, 0.15) is 0 Å². The second kappa shape index (κ2) is 7.85. The van der Waals surface area contributed by atoms with Crippen LogP contribution in [-0.2, 0) is 20.6 Å². The first-order chi connectivity index (χ1) is 15.0. The van der Waals surface area contributed by atoms with Crippen LogP contribution in [0.2, 0.25) is 0 Å². The molecule has 31 heavy (non-hydrogen) atoms. The smallest absolute Gasteiger partial charge is 0.328 e. The van der Waals surface area contributed by atoms with Crippen molar-refractivity contribution in [1.29, 1.82) is 0 Å². The molecule has 1 aliphatic heterocycles. The highest BCUT2D eigenvalue weighted by Crippen LogP contribution is 2.33. The average molecular weight is 416 g/mol. The fourth-order valence-electron chi connectivity index (χ4n) is 4.77. The minimum atomic E-state index is -0.00593. The Kier molecular flexibility index (Phi) is 5.02. The molecular weight excluding hydrogens is 386 g/mol. The Labute approximate surface area is 182 Å². The molecule has 1 fully saturated rings. The number of rotatable bonds is 5. The Morgan fingerprint density at radius 1 is 0.903 bits per heavy atom. The summed E-state index contributed by atoms with van der Waals surface area (Å²) in [6, 6.07) is 14.8. The molecule has 2 aromatic carbocycles. The second-order valence-corrected chi connectivity index (χ2v) is 8.66. The van der Waals surface area contributed by atoms with Gasteiger partial charge >= 0.3 is 5.69 Å². The lowest BCUT2D eigenvalue weighted by Crippen LogP contribution is -2.24. The zero-order chi connectivity index (χ0) is 21.5. The van der Waals surface area contributed by atoms with Gasteiger partial charge in [-0.3, -0.25) is 9.13 Å². The van der Waals surface area contributed by atoms with Crippen molar-refractivity contribution < 1.29 is 0 Å². The van der Waals surface area contributed by atoms with Gasteiger partial charge in [0.15, 0.2) is 0 Å². The molecule has 0 bridgehead atoms. The van der Waals surface area contributed by atoms with Gasteiger partial charge in [-0.15, -0.1) is 0 Å². The maximum Gasteiger partial charge on any atom is 0.328 e. The lowest BCUT2D eigenvalue weighted by Gasteiger charge is -2.17. The van der Waals surface area contributed by atoms with Crippen molar-refractivity contribution in [1.82, 2.24) is 23.6 Å². The normalized spacial score (nSPS) is 14.7. The summed E-state index contributed by atoms with van der Waals surface area (Å²) >= 11 is 0. The summed E-state index contributed by atoms with van der Waals surface area (Å²) in [7, 11) is 3.66. The molecule has 5 rings (SSSR count). The number of hydrogen-bond donors (Lipinski definition) is 0. The Balaban J connectivity index is 1.64. The van der Waals surface area contributed by atoms with Crippen molar-refractivity contribution in [2.45, 2.75) is 26.3 Å². The summed E-state index contributed by atoms with van der Waals surface area (Å²) in [5.41, 5.74) is 7.41. The van der Waals surface area contributed by atoms with Gasteiger partial charge in [-0.1, -0.05) is 29.8 Å². The molecule has 0 aliphatic carbocycles. The standard InChI is InChI=1S/C25H29N5O/c1-18-7-6-8-19(15-18)23-24(30(17-26-23)14-13-29-11-4-5-12-29)20-9-10-21-22(16-20)28(3)25(31)27(21)2/h6-10,15-17H,4-5,11-14H2,1-3H3. The van der Waals surface area contributed by atoms with Crippen LogP contribution in [0.4, 0.5) is 0 Å². The van der Waals surface area contributed by atoms with Crippen LogP contribution in [0, 0.1) is 6.92 Å². The lowest BCUT2D eigenvalue weighted by atomic mass is 10.0. The first kappa shape index (κ1) is 19.8. The molecule has 0 N–H and O–H groups in total. The molecule has 2 aromatic heterocycles. The molecule has 6 heteroatoms. The summed E-state index contributed by atoms with van der Waals surface area (Å²) in [5.74, 6) is 0. The molecule has 4 aromatic rings. The number of likely N-dealkylation sites (tertiary alicyclic amines) is 1. The third-order valence-corrected chi connectivity index (χ3v) is 6.53. The van der Waals surface area contributed by atoms with Gasteiger partial charge in [-0.05, 0) is 51.1 Å². The van der Waals surface area contributed by atoms with E-state index in [-0.39, 0.29) is 5.69 Å². The van der Waals surface area contributed by atoms with Gasteiger partial charge in [0, 0.05) is 38.3 Å². The van der Waals surface area contributed by atoms with E-state index in [2.05, 4.69) is 52.8 Å². The van der Waals surface area contributed by atoms with E-state index in [0.717, 1.165) is 46.6 Å². The zero-order valence-electron chi connectivity index (χ0n) is 18.5. The number of imidazole rings is 2. The molecule has 0 saturated carbocycles. The van der Waals surface area contributed by atoms with Crippen molar-refractivity contribution in [3.63, 3.8) is 0 Å². The molecule has 3 heterocycles. The highest BCUT2D eigenvalue weighted by Gasteiger charge is 2.19. The highest BCUT2D eigenvalue weighted by molar-refractivity contribution is 5.86. The van der Waals surface area contributed by atoms with Crippen molar-refractivity contribution in [2.24, 2.45) is 14.1 Å². The van der Waals surface area contributed by atoms with E-state index in [0.29, 0.717) is 0 Å². The van der Waals surface area contributed by atoms with Crippen LogP contribution in [0.15, 0.2) is 53.6 Å². The van der Waals surface area contributed by atoms with Crippen molar-refractivity contribution >= 4 is 11.0 Å². The lowest BCUT2D eigenvalue weighted by molar-refractivity contribution is 0.323. The van der Waals surface area contributed by atoms with Gasteiger partial charge in [-0.25, -0.2) is 9.78 Å². The van der Waals surface area contributed by atoms with E-state index in [9.17, 15) is 4.79 Å². The number of aryl methyl sites for hydroxylation is 3. The van der Waals surface area contributed by atoms with Crippen LogP contribution >= 0.6 is 0 Å². The van der Waals surface area contributed by atoms with Gasteiger partial charge < -0.3 is 9.47 Å². The van der Waals surface area contributed by atoms with E-state index in [4.69, 9.17) is 4.98 Å². The molecule has 6 nitrogen and oxygen atoms in total. The molecule has 0 unspecified atom stereocenters. The van der Waals surface area contributed by atoms with Crippen LogP contribution in [0.3, 0.4) is 0 Å². The molecule has 0 spiro atoms. The molecule has 160 valence electrons. The maximum atomic E-state index is 12.4. The predicted molar refractivity (Wildman–Crippen MR) is 125 cm³/mol. The fraction of sp³-hybridized carbons (Fsp3) is 0.360. The van der Waals surface area contributed by atoms with Gasteiger partial charge in [-0.2, -0.15) is 0 Å². The largest absolute Gasteiger partial charge is 0.329 e. The monoisotopic (exact) mass is 415 g/mol. The van der Waals surface area contributed by atoms with E-state index in [1.165, 1.54) is 31.5 Å². The van der Waals surface area contributed by atoms with Gasteiger partial charge in [0.2, 0.25) is 0 Å². The summed E-state index contributed by atoms with van der Waals surface area (Å²) in [5, 5.41) is 0. The number of fused-ring (bicyclic) bond motifs is 1. The average Bonchev–Trinajstić information content (AvgIpc) is 3.49. The van der Waals surface area contributed by atoms with Gasteiger partial charge in [0.25, 0.3) is 0 Å². The summed E-state index contributed by atoms with van der Waals surface area (Å²) in [6.45, 7) is 6.42. The molecule has 0 amide bonds. The summed E-state index contributed by atoms with van der Waals surface area (Å²) in [6.07, 6.45) is 4.56. The number of benzene rings is 2. The number of hydrogen-bond acceptors (Lipinski definition) is 3. The van der Waals surface area contributed by atoms with Crippen molar-refractivity contribution in [3.8, 4) is 22.5 Å². The zero-order valence-corrected chi connectivity index (χ0v) is 18.5. The van der Waals surface area contributed by atoms with Crippen LogP contribution < -0.4 is 5.69 Å². The molecule has 0 atom stereocenters. The van der Waals surface area contributed by atoms with E-state index >= 15 is 0 Å². The Morgan fingerprint density at radius 2 is 1.68 bits per heavy atom. The molecule has 1 saturated heterocycles. The van der Waals surface area contributed by atoms with Crippen LogP contribution in [0.1, 0.15) is 18.4 Å². The summed E-state index contributed by atoms with van der Waals surface area (Å²) in [4.78, 5) is 19.8. The predicted octanol–water partition coefficient (Wildman–Crippen LogP) is 3.81. The van der Waals surface area contributed by atoms with E-state index in [1.54, 1.807) is 9.13 Å². The Hall–Kier alpha value is -3.12. The summed E-state index contributed by atoms with van der Waals surface area (Å²) < 4.78 is 5.69. The topological polar surface area (TPSA) is 48.0 Å². The molecule has 1 aliphatic rings. The quantitative estimate of drug-likeness (QED) is 0.498. The Bertz CT molecular complexity index is 1300. The first-order valence-electron chi connectivity index (χ1n) is 11.0. The molecular formula is C25H29N5O. The highest BCUT2D eigenvalue weighted by atomic mass is 16.1. The van der Waals surface area contributed by atoms with Gasteiger partial charge in [0.05, 0.1) is 28.7 Å². The minimum absolute atomic E-state index is 0.00593. The fourth-order valence-corrected chi connectivity index (χ4v) is 4.77. The van der Waals surface area contributed by atoms with Crippen molar-refractivity contribution in [2.75, 3.05) is 19.6 Å². The first-order valence-corrected chi connectivity index (χ1v) is 11.0. The van der Waals surface area contributed by atoms with Crippen molar-refractivity contribution in [3.05, 3.63) is 64.8 Å².